The predicted octanol–water partition coefficient (Wildman–Crippen LogP) is 2.28. The van der Waals surface area contributed by atoms with Crippen molar-refractivity contribution in [3.8, 4) is 0 Å². The van der Waals surface area contributed by atoms with E-state index >= 15 is 0 Å². The van der Waals surface area contributed by atoms with Crippen LogP contribution in [0.4, 0.5) is 0 Å². The Bertz CT molecular complexity index is 357. The molecule has 0 aromatic carbocycles. The quantitative estimate of drug-likeness (QED) is 0.693. The first-order valence-corrected chi connectivity index (χ1v) is 5.35. The van der Waals surface area contributed by atoms with Crippen molar-refractivity contribution in [1.29, 1.82) is 0 Å². The molecule has 3 heteroatoms. The van der Waals surface area contributed by atoms with E-state index in [2.05, 4.69) is 18.8 Å². The molecule has 0 saturated heterocycles. The van der Waals surface area contributed by atoms with E-state index in [-0.39, 0.29) is 5.78 Å². The van der Waals surface area contributed by atoms with Crippen LogP contribution in [0, 0.1) is 0 Å². The summed E-state index contributed by atoms with van der Waals surface area (Å²) in [6.45, 7) is 4.15. The Morgan fingerprint density at radius 3 is 2.60 bits per heavy atom. The van der Waals surface area contributed by atoms with Crippen molar-refractivity contribution in [2.75, 3.05) is 0 Å². The number of ketones is 1. The minimum Gasteiger partial charge on any atom is -0.338 e. The second kappa shape index (κ2) is 5.49. The van der Waals surface area contributed by atoms with E-state index in [1.54, 1.807) is 12.3 Å². The maximum absolute atomic E-state index is 11.7. The Morgan fingerprint density at radius 2 is 2.13 bits per heavy atom. The molecule has 0 aliphatic rings. The molecule has 0 radical (unpaired) electrons. The molecule has 0 aliphatic heterocycles. The fraction of sp³-hybridized carbons (Fsp3) is 0.500. The predicted molar refractivity (Wildman–Crippen MR) is 60.6 cm³/mol. The van der Waals surface area contributed by atoms with E-state index < -0.39 is 0 Å². The minimum absolute atomic E-state index is 0.142. The van der Waals surface area contributed by atoms with Crippen LogP contribution in [0.15, 0.2) is 24.0 Å². The molecule has 1 aromatic rings. The van der Waals surface area contributed by atoms with Gasteiger partial charge in [-0.05, 0) is 18.9 Å². The van der Waals surface area contributed by atoms with Gasteiger partial charge in [0.2, 0.25) is 0 Å². The largest absolute Gasteiger partial charge is 0.338 e. The Balaban J connectivity index is 2.64. The van der Waals surface area contributed by atoms with Gasteiger partial charge < -0.3 is 4.57 Å². The van der Waals surface area contributed by atoms with Crippen LogP contribution in [0.1, 0.15) is 32.5 Å². The van der Waals surface area contributed by atoms with E-state index in [1.165, 1.54) is 5.57 Å². The fourth-order valence-corrected chi connectivity index (χ4v) is 1.46. The number of carbonyl (C=O) groups is 1. The first-order chi connectivity index (χ1) is 7.17. The lowest BCUT2D eigenvalue weighted by Gasteiger charge is -2.01. The SMILES string of the molecule is CCC(=CC(=O)Cc1nccn1C)CC. The summed E-state index contributed by atoms with van der Waals surface area (Å²) in [7, 11) is 1.90. The van der Waals surface area contributed by atoms with Crippen LogP contribution in [0.25, 0.3) is 0 Å². The van der Waals surface area contributed by atoms with Gasteiger partial charge in [0.25, 0.3) is 0 Å². The molecule has 0 aliphatic carbocycles. The zero-order chi connectivity index (χ0) is 11.3. The molecule has 0 spiro atoms. The molecule has 0 unspecified atom stereocenters. The topological polar surface area (TPSA) is 34.9 Å². The number of aromatic nitrogens is 2. The lowest BCUT2D eigenvalue weighted by Crippen LogP contribution is -2.05. The van der Waals surface area contributed by atoms with Crippen LogP contribution in [-0.2, 0) is 18.3 Å². The molecule has 0 N–H and O–H groups in total. The maximum Gasteiger partial charge on any atom is 0.163 e. The normalized spacial score (nSPS) is 10.1. The number of rotatable bonds is 5. The minimum atomic E-state index is 0.142. The summed E-state index contributed by atoms with van der Waals surface area (Å²) in [4.78, 5) is 15.8. The summed E-state index contributed by atoms with van der Waals surface area (Å²) in [6, 6.07) is 0. The number of hydrogen-bond donors (Lipinski definition) is 0. The van der Waals surface area contributed by atoms with E-state index in [1.807, 2.05) is 17.8 Å². The van der Waals surface area contributed by atoms with Gasteiger partial charge in [0, 0.05) is 19.4 Å². The highest BCUT2D eigenvalue weighted by molar-refractivity contribution is 5.91. The monoisotopic (exact) mass is 206 g/mol. The lowest BCUT2D eigenvalue weighted by atomic mass is 10.1. The molecule has 0 atom stereocenters. The highest BCUT2D eigenvalue weighted by atomic mass is 16.1. The van der Waals surface area contributed by atoms with Crippen LogP contribution in [0.2, 0.25) is 0 Å². The Morgan fingerprint density at radius 1 is 1.47 bits per heavy atom. The van der Waals surface area contributed by atoms with E-state index in [4.69, 9.17) is 0 Å². The van der Waals surface area contributed by atoms with Crippen molar-refractivity contribution in [2.45, 2.75) is 33.1 Å². The molecule has 1 rings (SSSR count). The van der Waals surface area contributed by atoms with Gasteiger partial charge >= 0.3 is 0 Å². The average molecular weight is 206 g/mol. The summed E-state index contributed by atoms with van der Waals surface area (Å²) in [5.41, 5.74) is 1.20. The standard InChI is InChI=1S/C12H18N2O/c1-4-10(5-2)8-11(15)9-12-13-6-7-14(12)3/h6-8H,4-5,9H2,1-3H3. The molecule has 1 aromatic heterocycles. The van der Waals surface area contributed by atoms with Crippen LogP contribution in [0.3, 0.4) is 0 Å². The summed E-state index contributed by atoms with van der Waals surface area (Å²) in [5.74, 6) is 0.964. The van der Waals surface area contributed by atoms with Crippen molar-refractivity contribution in [2.24, 2.45) is 7.05 Å². The number of hydrogen-bond acceptors (Lipinski definition) is 2. The third kappa shape index (κ3) is 3.35. The van der Waals surface area contributed by atoms with Crippen molar-refractivity contribution in [3.05, 3.63) is 29.9 Å². The molecule has 0 amide bonds. The number of imidazole rings is 1. The lowest BCUT2D eigenvalue weighted by molar-refractivity contribution is -0.114. The van der Waals surface area contributed by atoms with Gasteiger partial charge in [-0.25, -0.2) is 4.98 Å². The number of aryl methyl sites for hydroxylation is 1. The van der Waals surface area contributed by atoms with Gasteiger partial charge in [0.1, 0.15) is 5.82 Å². The summed E-state index contributed by atoms with van der Waals surface area (Å²) in [6.07, 6.45) is 7.62. The van der Waals surface area contributed by atoms with Crippen LogP contribution in [0.5, 0.6) is 0 Å². The smallest absolute Gasteiger partial charge is 0.163 e. The average Bonchev–Trinajstić information content (AvgIpc) is 2.61. The zero-order valence-corrected chi connectivity index (χ0v) is 9.66. The molecular weight excluding hydrogens is 188 g/mol. The molecule has 82 valence electrons. The maximum atomic E-state index is 11.7. The Labute approximate surface area is 90.8 Å². The Kier molecular flexibility index (Phi) is 4.28. The highest BCUT2D eigenvalue weighted by Gasteiger charge is 2.05. The van der Waals surface area contributed by atoms with Gasteiger partial charge in [-0.3, -0.25) is 4.79 Å². The first-order valence-electron chi connectivity index (χ1n) is 5.35. The van der Waals surface area contributed by atoms with Crippen LogP contribution < -0.4 is 0 Å². The number of nitrogens with zero attached hydrogens (tertiary/aromatic N) is 2. The third-order valence-corrected chi connectivity index (χ3v) is 2.53. The van der Waals surface area contributed by atoms with Crippen molar-refractivity contribution in [3.63, 3.8) is 0 Å². The van der Waals surface area contributed by atoms with Crippen LogP contribution >= 0.6 is 0 Å². The van der Waals surface area contributed by atoms with Gasteiger partial charge in [0.05, 0.1) is 6.42 Å². The second-order valence-electron chi connectivity index (χ2n) is 3.61. The van der Waals surface area contributed by atoms with Gasteiger partial charge in [-0.1, -0.05) is 19.4 Å². The summed E-state index contributed by atoms with van der Waals surface area (Å²) >= 11 is 0. The van der Waals surface area contributed by atoms with E-state index in [0.29, 0.717) is 6.42 Å². The fourth-order valence-electron chi connectivity index (χ4n) is 1.46. The molecule has 1 heterocycles. The van der Waals surface area contributed by atoms with Gasteiger partial charge in [-0.15, -0.1) is 0 Å². The van der Waals surface area contributed by atoms with E-state index in [0.717, 1.165) is 18.7 Å². The van der Waals surface area contributed by atoms with Crippen molar-refractivity contribution in [1.82, 2.24) is 9.55 Å². The first kappa shape index (κ1) is 11.7. The molecular formula is C12H18N2O. The second-order valence-corrected chi connectivity index (χ2v) is 3.61. The van der Waals surface area contributed by atoms with Gasteiger partial charge in [-0.2, -0.15) is 0 Å². The van der Waals surface area contributed by atoms with E-state index in [9.17, 15) is 4.79 Å². The molecule has 15 heavy (non-hydrogen) atoms. The Hall–Kier alpha value is -1.38. The van der Waals surface area contributed by atoms with Crippen LogP contribution in [-0.4, -0.2) is 15.3 Å². The molecule has 3 nitrogen and oxygen atoms in total. The summed E-state index contributed by atoms with van der Waals surface area (Å²) < 4.78 is 1.88. The third-order valence-electron chi connectivity index (χ3n) is 2.53. The number of carbonyl (C=O) groups excluding carboxylic acids is 1. The zero-order valence-electron chi connectivity index (χ0n) is 9.66. The van der Waals surface area contributed by atoms with Crippen molar-refractivity contribution < 1.29 is 4.79 Å². The molecule has 0 saturated carbocycles. The molecule has 0 bridgehead atoms. The van der Waals surface area contributed by atoms with Crippen molar-refractivity contribution >= 4 is 5.78 Å². The number of allylic oxidation sites excluding steroid dienone is 2. The molecule has 0 fully saturated rings. The highest BCUT2D eigenvalue weighted by Crippen LogP contribution is 2.06. The summed E-state index contributed by atoms with van der Waals surface area (Å²) in [5, 5.41) is 0. The van der Waals surface area contributed by atoms with Gasteiger partial charge in [0.15, 0.2) is 5.78 Å².